The van der Waals surface area contributed by atoms with E-state index in [1.54, 1.807) is 98.3 Å². The Bertz CT molecular complexity index is 2040. The van der Waals surface area contributed by atoms with Crippen molar-refractivity contribution in [3.63, 3.8) is 0 Å². The molecule has 4 aromatic carbocycles. The highest BCUT2D eigenvalue weighted by molar-refractivity contribution is 7.58. The molecule has 59 heavy (non-hydrogen) atoms. The number of hydrogen-bond acceptors (Lipinski definition) is 14. The van der Waals surface area contributed by atoms with Crippen LogP contribution in [-0.2, 0) is 43.3 Å². The highest BCUT2D eigenvalue weighted by Crippen LogP contribution is 2.43. The van der Waals surface area contributed by atoms with Gasteiger partial charge in [0, 0.05) is 6.16 Å². The molecule has 6 atom stereocenters. The zero-order valence-electron chi connectivity index (χ0n) is 34.3. The molecule has 0 spiro atoms. The molecule has 0 amide bonds. The second-order valence-electron chi connectivity index (χ2n) is 13.4. The zero-order valence-corrected chi connectivity index (χ0v) is 35.2. The van der Waals surface area contributed by atoms with Gasteiger partial charge < -0.3 is 61.7 Å². The summed E-state index contributed by atoms with van der Waals surface area (Å²) in [5.74, 6) is 4.25. The molecule has 2 unspecified atom stereocenters. The summed E-state index contributed by atoms with van der Waals surface area (Å²) < 4.78 is 85.0. The van der Waals surface area contributed by atoms with Gasteiger partial charge in [-0.05, 0) is 83.8 Å². The Hall–Kier alpha value is -5.20. The first kappa shape index (κ1) is 44.9. The summed E-state index contributed by atoms with van der Waals surface area (Å²) >= 11 is 0. The molecule has 0 radical (unpaired) electrons. The number of nitriles is 1. The Morgan fingerprint density at radius 3 is 1.42 bits per heavy atom. The third kappa shape index (κ3) is 11.9. The Kier molecular flexibility index (Phi) is 16.5. The van der Waals surface area contributed by atoms with Crippen LogP contribution in [0.15, 0.2) is 78.9 Å². The van der Waals surface area contributed by atoms with Crippen molar-refractivity contribution in [1.82, 2.24) is 0 Å². The summed E-state index contributed by atoms with van der Waals surface area (Å²) in [6.45, 7) is 0.184. The Morgan fingerprint density at radius 1 is 0.576 bits per heavy atom. The second-order valence-corrected chi connectivity index (χ2v) is 15.9. The molecule has 1 heterocycles. The van der Waals surface area contributed by atoms with Gasteiger partial charge in [-0.15, -0.1) is 0 Å². The normalized spacial score (nSPS) is 19.7. The van der Waals surface area contributed by atoms with Crippen molar-refractivity contribution < 1.29 is 66.3 Å². The number of hydrogen-bond donors (Lipinski definition) is 1. The standard InChI is InChI=1S/C43H52NO14P/c1-47-31-11-13-32(14-12-31)57-43-42(56-27-30-10-17-35(50-4)39(24-30)53-7)41(55-26-29-9-16-34(49-3)38(23-29)52-6)40(36(58-43)18-20-59(45,46)21-19-44)54-25-28-8-15-33(48-2)37(22-28)51-5/h8-17,22-24,36,40-43H,18,20-21,25-27H2,1-7H3,(H,45,46)/t36-,40-,41+,42+,43?/m1/s1. The van der Waals surface area contributed by atoms with Crippen LogP contribution in [0.2, 0.25) is 0 Å². The van der Waals surface area contributed by atoms with E-state index in [1.165, 1.54) is 0 Å². The van der Waals surface area contributed by atoms with Crippen LogP contribution in [0.1, 0.15) is 23.1 Å². The maximum absolute atomic E-state index is 13.1. The number of ether oxygens (including phenoxy) is 12. The molecule has 318 valence electrons. The van der Waals surface area contributed by atoms with Gasteiger partial charge in [-0.3, -0.25) is 4.57 Å². The monoisotopic (exact) mass is 837 g/mol. The van der Waals surface area contributed by atoms with Gasteiger partial charge in [0.25, 0.3) is 0 Å². The van der Waals surface area contributed by atoms with Crippen molar-refractivity contribution in [2.45, 2.75) is 56.9 Å². The van der Waals surface area contributed by atoms with E-state index in [0.717, 1.165) is 16.7 Å². The Balaban J connectivity index is 1.58. The Labute approximate surface area is 344 Å². The largest absolute Gasteiger partial charge is 0.497 e. The van der Waals surface area contributed by atoms with Gasteiger partial charge in [0.15, 0.2) is 34.5 Å². The molecule has 1 fully saturated rings. The SMILES string of the molecule is COc1ccc(OC2O[C@H](CCP(=O)(O)CC#N)[C@@H](OCc3ccc(OC)c(OC)c3)[C@H](OCc3ccc(OC)c(OC)c3)[C@@H]2OCc2ccc(OC)c(OC)c2)cc1. The lowest BCUT2D eigenvalue weighted by atomic mass is 9.96. The average Bonchev–Trinajstić information content (AvgIpc) is 3.26. The lowest BCUT2D eigenvalue weighted by molar-refractivity contribution is -0.304. The summed E-state index contributed by atoms with van der Waals surface area (Å²) in [6, 6.07) is 25.1. The fourth-order valence-corrected chi connectivity index (χ4v) is 7.61. The first-order chi connectivity index (χ1) is 28.6. The average molecular weight is 838 g/mol. The van der Waals surface area contributed by atoms with Crippen molar-refractivity contribution in [1.29, 1.82) is 5.26 Å². The van der Waals surface area contributed by atoms with Crippen molar-refractivity contribution in [2.24, 2.45) is 0 Å². The van der Waals surface area contributed by atoms with Crippen molar-refractivity contribution >= 4 is 7.37 Å². The Morgan fingerprint density at radius 2 is 1.00 bits per heavy atom. The predicted molar refractivity (Wildman–Crippen MR) is 216 cm³/mol. The first-order valence-corrected chi connectivity index (χ1v) is 20.7. The lowest BCUT2D eigenvalue weighted by Crippen LogP contribution is -2.61. The molecule has 1 N–H and O–H groups in total. The molecule has 5 rings (SSSR count). The summed E-state index contributed by atoms with van der Waals surface area (Å²) in [4.78, 5) is 10.7. The molecule has 0 aromatic heterocycles. The van der Waals surface area contributed by atoms with Crippen LogP contribution in [0.25, 0.3) is 0 Å². The van der Waals surface area contributed by atoms with Crippen LogP contribution in [0, 0.1) is 11.3 Å². The number of rotatable bonds is 22. The van der Waals surface area contributed by atoms with E-state index < -0.39 is 44.2 Å². The second kappa shape index (κ2) is 21.7. The fraction of sp³-hybridized carbons (Fsp3) is 0.419. The topological polar surface area (TPSA) is 172 Å². The van der Waals surface area contributed by atoms with Crippen LogP contribution >= 0.6 is 7.37 Å². The van der Waals surface area contributed by atoms with Gasteiger partial charge in [-0.25, -0.2) is 0 Å². The van der Waals surface area contributed by atoms with E-state index in [-0.39, 0.29) is 32.4 Å². The molecule has 1 aliphatic heterocycles. The van der Waals surface area contributed by atoms with Gasteiger partial charge in [0.2, 0.25) is 13.7 Å². The molecule has 0 bridgehead atoms. The van der Waals surface area contributed by atoms with Crippen LogP contribution in [0.5, 0.6) is 46.0 Å². The molecule has 0 saturated carbocycles. The first-order valence-electron chi connectivity index (χ1n) is 18.7. The summed E-state index contributed by atoms with van der Waals surface area (Å²) in [5.41, 5.74) is 2.26. The van der Waals surface area contributed by atoms with E-state index >= 15 is 0 Å². The van der Waals surface area contributed by atoms with Crippen molar-refractivity contribution in [2.75, 3.05) is 62.1 Å². The third-order valence-electron chi connectivity index (χ3n) is 9.65. The van der Waals surface area contributed by atoms with Crippen LogP contribution in [0.4, 0.5) is 0 Å². The van der Waals surface area contributed by atoms with Crippen LogP contribution < -0.4 is 37.9 Å². The van der Waals surface area contributed by atoms with Gasteiger partial charge in [0.05, 0.1) is 81.8 Å². The number of nitrogens with zero attached hydrogens (tertiary/aromatic N) is 1. The maximum Gasteiger partial charge on any atom is 0.229 e. The minimum Gasteiger partial charge on any atom is -0.497 e. The van der Waals surface area contributed by atoms with E-state index in [0.29, 0.717) is 46.0 Å². The van der Waals surface area contributed by atoms with Crippen LogP contribution in [0.3, 0.4) is 0 Å². The van der Waals surface area contributed by atoms with Gasteiger partial charge >= 0.3 is 0 Å². The third-order valence-corrected chi connectivity index (χ3v) is 11.2. The number of benzene rings is 4. The van der Waals surface area contributed by atoms with Crippen LogP contribution in [-0.4, -0.2) is 97.7 Å². The summed E-state index contributed by atoms with van der Waals surface area (Å²) in [5, 5.41) is 9.31. The maximum atomic E-state index is 13.1. The zero-order chi connectivity index (χ0) is 42.4. The van der Waals surface area contributed by atoms with Crippen molar-refractivity contribution in [3.05, 3.63) is 95.6 Å². The fourth-order valence-electron chi connectivity index (χ4n) is 6.57. The number of methoxy groups -OCH3 is 7. The van der Waals surface area contributed by atoms with Gasteiger partial charge in [-0.1, -0.05) is 18.2 Å². The molecule has 15 nitrogen and oxygen atoms in total. The molecule has 4 aromatic rings. The van der Waals surface area contributed by atoms with Gasteiger partial charge in [-0.2, -0.15) is 5.26 Å². The summed E-state index contributed by atoms with van der Waals surface area (Å²) in [6.07, 6.45) is -5.51. The molecular formula is C43H52NO14P. The predicted octanol–water partition coefficient (Wildman–Crippen LogP) is 6.79. The van der Waals surface area contributed by atoms with E-state index in [4.69, 9.17) is 56.8 Å². The molecule has 0 aliphatic carbocycles. The summed E-state index contributed by atoms with van der Waals surface area (Å²) in [7, 11) is 7.02. The van der Waals surface area contributed by atoms with Crippen molar-refractivity contribution in [3.8, 4) is 52.1 Å². The minimum atomic E-state index is -3.86. The van der Waals surface area contributed by atoms with Gasteiger partial charge in [0.1, 0.15) is 36.0 Å². The van der Waals surface area contributed by atoms with E-state index in [2.05, 4.69) is 0 Å². The molecule has 1 aliphatic rings. The highest BCUT2D eigenvalue weighted by atomic mass is 31.2. The van der Waals surface area contributed by atoms with E-state index in [9.17, 15) is 14.7 Å². The highest BCUT2D eigenvalue weighted by Gasteiger charge is 2.50. The van der Waals surface area contributed by atoms with E-state index in [1.807, 2.05) is 36.4 Å². The quantitative estimate of drug-likeness (QED) is 0.0820. The molecule has 1 saturated heterocycles. The smallest absolute Gasteiger partial charge is 0.229 e. The lowest BCUT2D eigenvalue weighted by Gasteiger charge is -2.46. The minimum absolute atomic E-state index is 0.0210. The molecule has 16 heteroatoms. The molecular weight excluding hydrogens is 785 g/mol.